The number of hydrogen-bond acceptors (Lipinski definition) is 5. The molecule has 1 amide bonds. The van der Waals surface area contributed by atoms with Crippen LogP contribution in [0.25, 0.3) is 10.8 Å². The van der Waals surface area contributed by atoms with E-state index < -0.39 is 0 Å². The quantitative estimate of drug-likeness (QED) is 0.461. The van der Waals surface area contributed by atoms with Gasteiger partial charge in [-0.3, -0.25) is 9.59 Å². The molecule has 0 fully saturated rings. The minimum absolute atomic E-state index is 0.159. The fourth-order valence-electron chi connectivity index (χ4n) is 3.38. The van der Waals surface area contributed by atoms with Crippen molar-refractivity contribution < 1.29 is 14.3 Å². The Morgan fingerprint density at radius 3 is 2.41 bits per heavy atom. The molecule has 32 heavy (non-hydrogen) atoms. The van der Waals surface area contributed by atoms with Gasteiger partial charge in [-0.2, -0.15) is 5.10 Å². The molecule has 3 aromatic carbocycles. The van der Waals surface area contributed by atoms with Crippen molar-refractivity contribution in [3.05, 3.63) is 100 Å². The second-order valence-electron chi connectivity index (χ2n) is 7.11. The third kappa shape index (κ3) is 4.68. The van der Waals surface area contributed by atoms with Gasteiger partial charge in [0.1, 0.15) is 11.5 Å². The van der Waals surface area contributed by atoms with Crippen LogP contribution in [0.4, 0.5) is 0 Å². The molecule has 1 N–H and O–H groups in total. The number of ether oxygens (including phenoxy) is 2. The third-order valence-corrected chi connectivity index (χ3v) is 4.97. The van der Waals surface area contributed by atoms with Gasteiger partial charge >= 0.3 is 0 Å². The number of carbonyl (C=O) groups is 1. The molecule has 4 rings (SSSR count). The van der Waals surface area contributed by atoms with Crippen molar-refractivity contribution in [2.24, 2.45) is 0 Å². The molecule has 4 aromatic rings. The Balaban J connectivity index is 1.59. The van der Waals surface area contributed by atoms with Crippen LogP contribution in [0.5, 0.6) is 11.5 Å². The lowest BCUT2D eigenvalue weighted by molar-refractivity contribution is 0.0948. The Kier molecular flexibility index (Phi) is 6.57. The molecule has 0 saturated carbocycles. The average Bonchev–Trinajstić information content (AvgIpc) is 2.84. The molecule has 0 atom stereocenters. The first-order valence-corrected chi connectivity index (χ1v) is 10.2. The second-order valence-corrected chi connectivity index (χ2v) is 7.11. The highest BCUT2D eigenvalue weighted by Gasteiger charge is 2.15. The van der Waals surface area contributed by atoms with Gasteiger partial charge in [0.25, 0.3) is 11.5 Å². The minimum atomic E-state index is -0.294. The second kappa shape index (κ2) is 9.89. The molecule has 0 spiro atoms. The molecule has 0 aliphatic rings. The van der Waals surface area contributed by atoms with Gasteiger partial charge < -0.3 is 14.8 Å². The van der Waals surface area contributed by atoms with E-state index in [0.29, 0.717) is 46.7 Å². The molecule has 7 heteroatoms. The van der Waals surface area contributed by atoms with Crippen molar-refractivity contribution in [1.82, 2.24) is 15.1 Å². The summed E-state index contributed by atoms with van der Waals surface area (Å²) in [5.41, 5.74) is 0.828. The van der Waals surface area contributed by atoms with Crippen molar-refractivity contribution in [2.75, 3.05) is 13.7 Å². The number of amides is 1. The molecule has 162 valence electrons. The first-order chi connectivity index (χ1) is 15.7. The van der Waals surface area contributed by atoms with E-state index in [1.54, 1.807) is 31.4 Å². The van der Waals surface area contributed by atoms with Gasteiger partial charge in [0.15, 0.2) is 0 Å². The SMILES string of the molecule is COCCn1nc(CNC(=O)c2ccccc2Oc2ccccc2)c2ccccc2c1=O. The number of benzene rings is 3. The lowest BCUT2D eigenvalue weighted by atomic mass is 10.1. The largest absolute Gasteiger partial charge is 0.457 e. The first kappa shape index (κ1) is 21.3. The van der Waals surface area contributed by atoms with Crippen molar-refractivity contribution >= 4 is 16.7 Å². The fourth-order valence-corrected chi connectivity index (χ4v) is 3.38. The number of fused-ring (bicyclic) bond motifs is 1. The topological polar surface area (TPSA) is 82.4 Å². The van der Waals surface area contributed by atoms with Crippen LogP contribution in [0, 0.1) is 0 Å². The molecule has 0 bridgehead atoms. The Morgan fingerprint density at radius 2 is 1.62 bits per heavy atom. The number of rotatable bonds is 8. The summed E-state index contributed by atoms with van der Waals surface area (Å²) < 4.78 is 12.4. The number of aromatic nitrogens is 2. The first-order valence-electron chi connectivity index (χ1n) is 10.2. The van der Waals surface area contributed by atoms with E-state index in [2.05, 4.69) is 10.4 Å². The number of nitrogens with one attached hydrogen (secondary N) is 1. The predicted molar refractivity (Wildman–Crippen MR) is 122 cm³/mol. The zero-order valence-corrected chi connectivity index (χ0v) is 17.7. The summed E-state index contributed by atoms with van der Waals surface area (Å²) in [7, 11) is 1.57. The van der Waals surface area contributed by atoms with Gasteiger partial charge in [0, 0.05) is 12.5 Å². The van der Waals surface area contributed by atoms with E-state index in [-0.39, 0.29) is 18.0 Å². The summed E-state index contributed by atoms with van der Waals surface area (Å²) >= 11 is 0. The Labute approximate surface area is 185 Å². The summed E-state index contributed by atoms with van der Waals surface area (Å²) in [5.74, 6) is 0.807. The minimum Gasteiger partial charge on any atom is -0.457 e. The molecule has 7 nitrogen and oxygen atoms in total. The molecule has 0 radical (unpaired) electrons. The van der Waals surface area contributed by atoms with Crippen molar-refractivity contribution in [3.63, 3.8) is 0 Å². The van der Waals surface area contributed by atoms with Crippen LogP contribution in [0.3, 0.4) is 0 Å². The van der Waals surface area contributed by atoms with Crippen LogP contribution in [0.2, 0.25) is 0 Å². The Bertz CT molecular complexity index is 1290. The fraction of sp³-hybridized carbons (Fsp3) is 0.160. The van der Waals surface area contributed by atoms with E-state index in [1.165, 1.54) is 4.68 Å². The summed E-state index contributed by atoms with van der Waals surface area (Å²) in [5, 5.41) is 8.64. The standard InChI is InChI=1S/C25H23N3O4/c1-31-16-15-28-25(30)20-12-6-5-11-19(20)22(27-28)17-26-24(29)21-13-7-8-14-23(21)32-18-9-3-2-4-10-18/h2-14H,15-17H2,1H3,(H,26,29). The van der Waals surface area contributed by atoms with E-state index in [9.17, 15) is 9.59 Å². The van der Waals surface area contributed by atoms with Gasteiger partial charge in [-0.25, -0.2) is 4.68 Å². The lowest BCUT2D eigenvalue weighted by Gasteiger charge is -2.13. The van der Waals surface area contributed by atoms with Gasteiger partial charge in [0.05, 0.1) is 36.3 Å². The third-order valence-electron chi connectivity index (χ3n) is 4.97. The number of para-hydroxylation sites is 2. The molecule has 0 saturated heterocycles. The Morgan fingerprint density at radius 1 is 0.938 bits per heavy atom. The molecular weight excluding hydrogens is 406 g/mol. The maximum Gasteiger partial charge on any atom is 0.274 e. The van der Waals surface area contributed by atoms with Crippen LogP contribution in [-0.2, 0) is 17.8 Å². The molecule has 1 aromatic heterocycles. The normalized spacial score (nSPS) is 10.8. The molecule has 0 unspecified atom stereocenters. The van der Waals surface area contributed by atoms with Crippen LogP contribution in [-0.4, -0.2) is 29.4 Å². The highest BCUT2D eigenvalue weighted by Crippen LogP contribution is 2.25. The highest BCUT2D eigenvalue weighted by atomic mass is 16.5. The maximum atomic E-state index is 13.0. The van der Waals surface area contributed by atoms with Crippen molar-refractivity contribution in [1.29, 1.82) is 0 Å². The lowest BCUT2D eigenvalue weighted by Crippen LogP contribution is -2.29. The zero-order chi connectivity index (χ0) is 22.3. The van der Waals surface area contributed by atoms with Crippen LogP contribution >= 0.6 is 0 Å². The Hall–Kier alpha value is -3.97. The van der Waals surface area contributed by atoms with Crippen molar-refractivity contribution in [3.8, 4) is 11.5 Å². The number of methoxy groups -OCH3 is 1. The van der Waals surface area contributed by atoms with Crippen molar-refractivity contribution in [2.45, 2.75) is 13.1 Å². The van der Waals surface area contributed by atoms with Gasteiger partial charge in [-0.05, 0) is 30.3 Å². The van der Waals surface area contributed by atoms with E-state index in [1.807, 2.05) is 54.6 Å². The van der Waals surface area contributed by atoms with E-state index >= 15 is 0 Å². The van der Waals surface area contributed by atoms with Gasteiger partial charge in [-0.1, -0.05) is 48.5 Å². The summed E-state index contributed by atoms with van der Waals surface area (Å²) in [6, 6.07) is 23.6. The summed E-state index contributed by atoms with van der Waals surface area (Å²) in [6.45, 7) is 0.850. The van der Waals surface area contributed by atoms with Crippen LogP contribution < -0.4 is 15.6 Å². The molecule has 1 heterocycles. The monoisotopic (exact) mass is 429 g/mol. The average molecular weight is 429 g/mol. The van der Waals surface area contributed by atoms with E-state index in [4.69, 9.17) is 9.47 Å². The smallest absolute Gasteiger partial charge is 0.274 e. The van der Waals surface area contributed by atoms with Crippen LogP contribution in [0.15, 0.2) is 83.7 Å². The number of hydrogen-bond donors (Lipinski definition) is 1. The van der Waals surface area contributed by atoms with Gasteiger partial charge in [0.2, 0.25) is 0 Å². The molecule has 0 aliphatic carbocycles. The highest BCUT2D eigenvalue weighted by molar-refractivity contribution is 5.97. The van der Waals surface area contributed by atoms with E-state index in [0.717, 1.165) is 0 Å². The molecule has 0 aliphatic heterocycles. The maximum absolute atomic E-state index is 13.0. The zero-order valence-electron chi connectivity index (χ0n) is 17.7. The summed E-state index contributed by atoms with van der Waals surface area (Å²) in [6.07, 6.45) is 0. The molecular formula is C25H23N3O4. The van der Waals surface area contributed by atoms with Crippen LogP contribution in [0.1, 0.15) is 16.1 Å². The predicted octanol–water partition coefficient (Wildman–Crippen LogP) is 3.77. The number of nitrogens with zero attached hydrogens (tertiary/aromatic N) is 2. The summed E-state index contributed by atoms with van der Waals surface area (Å²) in [4.78, 5) is 25.7. The number of carbonyl (C=O) groups excluding carboxylic acids is 1. The van der Waals surface area contributed by atoms with Gasteiger partial charge in [-0.15, -0.1) is 0 Å².